The van der Waals surface area contributed by atoms with E-state index in [2.05, 4.69) is 15.5 Å². The molecule has 0 spiro atoms. The van der Waals surface area contributed by atoms with Crippen molar-refractivity contribution in [2.24, 2.45) is 0 Å². The summed E-state index contributed by atoms with van der Waals surface area (Å²) in [5.74, 6) is 1.32. The highest BCUT2D eigenvalue weighted by atomic mass is 35.5. The molecule has 0 amide bonds. The minimum absolute atomic E-state index is 0.0109. The van der Waals surface area contributed by atoms with Gasteiger partial charge in [-0.25, -0.2) is 0 Å². The number of nitrogens with one attached hydrogen (secondary N) is 1. The van der Waals surface area contributed by atoms with E-state index >= 15 is 0 Å². The summed E-state index contributed by atoms with van der Waals surface area (Å²) in [5.41, 5.74) is 0.366. The lowest BCUT2D eigenvalue weighted by Crippen LogP contribution is -2.19. The van der Waals surface area contributed by atoms with Crippen LogP contribution in [0.4, 0.5) is 18.9 Å². The number of halogens is 4. The summed E-state index contributed by atoms with van der Waals surface area (Å²) in [7, 11) is 0. The van der Waals surface area contributed by atoms with Gasteiger partial charge in [-0.05, 0) is 25.0 Å². The van der Waals surface area contributed by atoms with Gasteiger partial charge in [0.15, 0.2) is 6.61 Å². The third-order valence-electron chi connectivity index (χ3n) is 3.17. The van der Waals surface area contributed by atoms with Gasteiger partial charge in [0.2, 0.25) is 11.8 Å². The molecular formula is C14H13ClF3N3O2. The molecule has 1 saturated carbocycles. The fourth-order valence-corrected chi connectivity index (χ4v) is 2.09. The quantitative estimate of drug-likeness (QED) is 0.850. The lowest BCUT2D eigenvalue weighted by atomic mass is 10.3. The molecule has 1 aliphatic rings. The Morgan fingerprint density at radius 2 is 2.09 bits per heavy atom. The molecule has 3 rings (SSSR count). The van der Waals surface area contributed by atoms with Gasteiger partial charge in [0.05, 0.1) is 12.2 Å². The van der Waals surface area contributed by atoms with Crippen LogP contribution < -0.4 is 10.1 Å². The van der Waals surface area contributed by atoms with Crippen LogP contribution in [-0.2, 0) is 6.54 Å². The summed E-state index contributed by atoms with van der Waals surface area (Å²) in [6.07, 6.45) is -2.34. The molecule has 0 aliphatic heterocycles. The molecule has 0 atom stereocenters. The Morgan fingerprint density at radius 1 is 1.30 bits per heavy atom. The smallest absolute Gasteiger partial charge is 0.422 e. The molecule has 5 nitrogen and oxygen atoms in total. The van der Waals surface area contributed by atoms with Gasteiger partial charge < -0.3 is 14.5 Å². The van der Waals surface area contributed by atoms with Gasteiger partial charge in [-0.3, -0.25) is 0 Å². The summed E-state index contributed by atoms with van der Waals surface area (Å²) in [6, 6.07) is 4.40. The van der Waals surface area contributed by atoms with Crippen molar-refractivity contribution in [1.82, 2.24) is 10.2 Å². The van der Waals surface area contributed by atoms with Gasteiger partial charge >= 0.3 is 6.18 Å². The van der Waals surface area contributed by atoms with Crippen LogP contribution in [0.3, 0.4) is 0 Å². The molecule has 9 heteroatoms. The van der Waals surface area contributed by atoms with E-state index in [9.17, 15) is 13.2 Å². The number of nitrogens with zero attached hydrogens (tertiary/aromatic N) is 2. The minimum Gasteiger partial charge on any atom is -0.482 e. The van der Waals surface area contributed by atoms with Crippen molar-refractivity contribution in [3.63, 3.8) is 0 Å². The van der Waals surface area contributed by atoms with E-state index in [1.807, 2.05) is 0 Å². The zero-order chi connectivity index (χ0) is 16.4. The van der Waals surface area contributed by atoms with Crippen LogP contribution in [0.2, 0.25) is 5.02 Å². The maximum atomic E-state index is 12.3. The molecule has 0 bridgehead atoms. The van der Waals surface area contributed by atoms with Crippen molar-refractivity contribution in [3.8, 4) is 5.75 Å². The minimum atomic E-state index is -4.43. The lowest BCUT2D eigenvalue weighted by molar-refractivity contribution is -0.153. The molecule has 0 saturated heterocycles. The van der Waals surface area contributed by atoms with Crippen molar-refractivity contribution in [2.75, 3.05) is 11.9 Å². The number of alkyl halides is 3. The van der Waals surface area contributed by atoms with E-state index in [-0.39, 0.29) is 17.3 Å². The van der Waals surface area contributed by atoms with Crippen molar-refractivity contribution in [3.05, 3.63) is 35.0 Å². The van der Waals surface area contributed by atoms with E-state index in [0.717, 1.165) is 12.8 Å². The van der Waals surface area contributed by atoms with Crippen LogP contribution in [0.15, 0.2) is 22.6 Å². The largest absolute Gasteiger partial charge is 0.482 e. The highest BCUT2D eigenvalue weighted by Crippen LogP contribution is 2.39. The summed E-state index contributed by atoms with van der Waals surface area (Å²) < 4.78 is 47.2. The van der Waals surface area contributed by atoms with Gasteiger partial charge in [0, 0.05) is 17.0 Å². The van der Waals surface area contributed by atoms with Crippen LogP contribution in [0, 0.1) is 0 Å². The fourth-order valence-electron chi connectivity index (χ4n) is 1.93. The number of ether oxygens (including phenoxy) is 1. The second-order valence-electron chi connectivity index (χ2n) is 5.21. The number of benzene rings is 1. The average molecular weight is 348 g/mol. The zero-order valence-corrected chi connectivity index (χ0v) is 12.6. The highest BCUT2D eigenvalue weighted by Gasteiger charge is 2.30. The van der Waals surface area contributed by atoms with Gasteiger partial charge in [0.25, 0.3) is 0 Å². The molecule has 0 radical (unpaired) electrons. The molecule has 1 heterocycles. The SMILES string of the molecule is FC(F)(F)COc1cc(Cl)ccc1NCc1nnc(C2CC2)o1. The van der Waals surface area contributed by atoms with E-state index in [0.29, 0.717) is 23.4 Å². The first-order chi connectivity index (χ1) is 10.9. The summed E-state index contributed by atoms with van der Waals surface area (Å²) in [4.78, 5) is 0. The Labute approximate surface area is 134 Å². The Morgan fingerprint density at radius 3 is 2.78 bits per heavy atom. The first-order valence-electron chi connectivity index (χ1n) is 6.96. The number of rotatable bonds is 6. The topological polar surface area (TPSA) is 60.2 Å². The van der Waals surface area contributed by atoms with Gasteiger partial charge in [-0.1, -0.05) is 11.6 Å². The van der Waals surface area contributed by atoms with Gasteiger partial charge in [-0.2, -0.15) is 13.2 Å². The van der Waals surface area contributed by atoms with E-state index in [4.69, 9.17) is 20.8 Å². The van der Waals surface area contributed by atoms with Gasteiger partial charge in [0.1, 0.15) is 5.75 Å². The summed E-state index contributed by atoms with van der Waals surface area (Å²) in [5, 5.41) is 11.0. The number of hydrogen-bond donors (Lipinski definition) is 1. The third kappa shape index (κ3) is 4.51. The monoisotopic (exact) mass is 347 g/mol. The first kappa shape index (κ1) is 15.9. The Kier molecular flexibility index (Phi) is 4.34. The molecule has 124 valence electrons. The maximum Gasteiger partial charge on any atom is 0.422 e. The molecule has 0 unspecified atom stereocenters. The summed E-state index contributed by atoms with van der Waals surface area (Å²) >= 11 is 5.80. The van der Waals surface area contributed by atoms with E-state index in [1.165, 1.54) is 12.1 Å². The Hall–Kier alpha value is -1.96. The third-order valence-corrected chi connectivity index (χ3v) is 3.41. The summed E-state index contributed by atoms with van der Waals surface area (Å²) in [6.45, 7) is -1.21. The Bertz CT molecular complexity index is 686. The standard InChI is InChI=1S/C14H13ClF3N3O2/c15-9-3-4-10(11(5-9)22-7-14(16,17)18)19-6-12-20-21-13(23-12)8-1-2-8/h3-5,8,19H,1-2,6-7H2. The van der Waals surface area contributed by atoms with E-state index in [1.54, 1.807) is 6.07 Å². The second-order valence-corrected chi connectivity index (χ2v) is 5.64. The molecular weight excluding hydrogens is 335 g/mol. The molecule has 23 heavy (non-hydrogen) atoms. The van der Waals surface area contributed by atoms with Crippen molar-refractivity contribution < 1.29 is 22.3 Å². The van der Waals surface area contributed by atoms with Crippen LogP contribution in [0.5, 0.6) is 5.75 Å². The maximum absolute atomic E-state index is 12.3. The zero-order valence-electron chi connectivity index (χ0n) is 11.9. The molecule has 2 aromatic rings. The average Bonchev–Trinajstić information content (AvgIpc) is 3.23. The van der Waals surface area contributed by atoms with Crippen LogP contribution in [-0.4, -0.2) is 23.0 Å². The molecule has 1 aliphatic carbocycles. The highest BCUT2D eigenvalue weighted by molar-refractivity contribution is 6.30. The number of hydrogen-bond acceptors (Lipinski definition) is 5. The predicted octanol–water partition coefficient (Wildman–Crippen LogP) is 4.15. The van der Waals surface area contributed by atoms with Gasteiger partial charge in [-0.15, -0.1) is 10.2 Å². The molecule has 1 N–H and O–H groups in total. The first-order valence-corrected chi connectivity index (χ1v) is 7.34. The molecule has 1 aromatic carbocycles. The lowest BCUT2D eigenvalue weighted by Gasteiger charge is -2.14. The van der Waals surface area contributed by atoms with Crippen molar-refractivity contribution in [2.45, 2.75) is 31.5 Å². The van der Waals surface area contributed by atoms with E-state index < -0.39 is 12.8 Å². The van der Waals surface area contributed by atoms with Crippen LogP contribution >= 0.6 is 11.6 Å². The normalized spacial score (nSPS) is 14.8. The predicted molar refractivity (Wildman–Crippen MR) is 76.6 cm³/mol. The Balaban J connectivity index is 1.65. The number of anilines is 1. The van der Waals surface area contributed by atoms with Crippen molar-refractivity contribution in [1.29, 1.82) is 0 Å². The van der Waals surface area contributed by atoms with Crippen LogP contribution in [0.1, 0.15) is 30.5 Å². The van der Waals surface area contributed by atoms with Crippen molar-refractivity contribution >= 4 is 17.3 Å². The molecule has 1 aromatic heterocycles. The second kappa shape index (κ2) is 6.27. The molecule has 1 fully saturated rings. The van der Waals surface area contributed by atoms with Crippen LogP contribution in [0.25, 0.3) is 0 Å². The fraction of sp³-hybridized carbons (Fsp3) is 0.429. The number of aromatic nitrogens is 2.